The Hall–Kier alpha value is -1.23. The molecule has 0 aliphatic carbocycles. The number of hydrogen-bond donors (Lipinski definition) is 1. The third kappa shape index (κ3) is 2.72. The fourth-order valence-electron chi connectivity index (χ4n) is 1.81. The van der Waals surface area contributed by atoms with Crippen LogP contribution in [0.15, 0.2) is 16.6 Å². The van der Waals surface area contributed by atoms with E-state index in [1.807, 2.05) is 6.07 Å². The summed E-state index contributed by atoms with van der Waals surface area (Å²) in [4.78, 5) is 13.0. The van der Waals surface area contributed by atoms with Gasteiger partial charge in [0.05, 0.1) is 6.61 Å². The molecule has 0 bridgehead atoms. The molecule has 92 valence electrons. The minimum absolute atomic E-state index is 0.100. The number of nitrogens with one attached hydrogen (secondary N) is 1. The number of hydrogen-bond acceptors (Lipinski definition) is 2. The van der Waals surface area contributed by atoms with Gasteiger partial charge in [-0.2, -0.15) is 0 Å². The second kappa shape index (κ2) is 4.96. The molecule has 4 nitrogen and oxygen atoms in total. The number of fused-ring (bicyclic) bond motifs is 1. The minimum Gasteiger partial charge on any atom is -0.493 e. The molecule has 1 aromatic rings. The summed E-state index contributed by atoms with van der Waals surface area (Å²) in [6.07, 6.45) is 0.934. The van der Waals surface area contributed by atoms with E-state index in [1.54, 1.807) is 14.1 Å². The van der Waals surface area contributed by atoms with E-state index in [0.717, 1.165) is 28.8 Å². The first-order valence-electron chi connectivity index (χ1n) is 5.47. The monoisotopic (exact) mass is 298 g/mol. The van der Waals surface area contributed by atoms with Gasteiger partial charge in [0.25, 0.3) is 0 Å². The Morgan fingerprint density at radius 1 is 1.53 bits per heavy atom. The zero-order valence-corrected chi connectivity index (χ0v) is 11.5. The Bertz CT molecular complexity index is 446. The summed E-state index contributed by atoms with van der Waals surface area (Å²) >= 11 is 3.47. The minimum atomic E-state index is -0.100. The van der Waals surface area contributed by atoms with Crippen LogP contribution in [0.1, 0.15) is 11.1 Å². The molecular weight excluding hydrogens is 284 g/mol. The Morgan fingerprint density at radius 2 is 2.29 bits per heavy atom. The number of amides is 2. The molecule has 2 amide bonds. The van der Waals surface area contributed by atoms with Crippen LogP contribution >= 0.6 is 15.9 Å². The molecule has 0 spiro atoms. The Kier molecular flexibility index (Phi) is 3.57. The summed E-state index contributed by atoms with van der Waals surface area (Å²) in [5.74, 6) is 0.923. The molecule has 0 saturated heterocycles. The smallest absolute Gasteiger partial charge is 0.317 e. The fraction of sp³-hybridized carbons (Fsp3) is 0.417. The van der Waals surface area contributed by atoms with Crippen molar-refractivity contribution in [2.45, 2.75) is 13.0 Å². The molecule has 2 rings (SSSR count). The van der Waals surface area contributed by atoms with E-state index in [4.69, 9.17) is 4.74 Å². The molecule has 1 heterocycles. The molecule has 1 aliphatic heterocycles. The molecule has 5 heteroatoms. The molecule has 1 aliphatic rings. The Morgan fingerprint density at radius 3 is 3.00 bits per heavy atom. The lowest BCUT2D eigenvalue weighted by molar-refractivity contribution is 0.217. The van der Waals surface area contributed by atoms with Crippen LogP contribution in [0.4, 0.5) is 4.79 Å². The van der Waals surface area contributed by atoms with Gasteiger partial charge < -0.3 is 15.0 Å². The van der Waals surface area contributed by atoms with Crippen molar-refractivity contribution >= 4 is 22.0 Å². The van der Waals surface area contributed by atoms with Gasteiger partial charge in [0.2, 0.25) is 0 Å². The van der Waals surface area contributed by atoms with Crippen molar-refractivity contribution in [3.63, 3.8) is 0 Å². The van der Waals surface area contributed by atoms with Crippen LogP contribution < -0.4 is 10.1 Å². The standard InChI is InChI=1S/C12H15BrN2O2/c1-15(2)12(16)14-7-9-6-10(13)5-8-3-4-17-11(8)9/h5-6H,3-4,7H2,1-2H3,(H,14,16). The summed E-state index contributed by atoms with van der Waals surface area (Å²) in [6.45, 7) is 1.21. The summed E-state index contributed by atoms with van der Waals surface area (Å²) in [5.41, 5.74) is 2.22. The molecule has 0 saturated carbocycles. The first kappa shape index (κ1) is 12.2. The SMILES string of the molecule is CN(C)C(=O)NCc1cc(Br)cc2c1OCC2. The number of ether oxygens (including phenoxy) is 1. The predicted molar refractivity (Wildman–Crippen MR) is 69.3 cm³/mol. The first-order chi connectivity index (χ1) is 8.08. The van der Waals surface area contributed by atoms with Crippen LogP contribution in [0.2, 0.25) is 0 Å². The highest BCUT2D eigenvalue weighted by Crippen LogP contribution is 2.32. The van der Waals surface area contributed by atoms with Gasteiger partial charge in [0.1, 0.15) is 5.75 Å². The van der Waals surface area contributed by atoms with E-state index < -0.39 is 0 Å². The average Bonchev–Trinajstić information content (AvgIpc) is 2.72. The van der Waals surface area contributed by atoms with E-state index in [1.165, 1.54) is 10.5 Å². The molecule has 1 N–H and O–H groups in total. The highest BCUT2D eigenvalue weighted by atomic mass is 79.9. The fourth-order valence-corrected chi connectivity index (χ4v) is 2.36. The molecular formula is C12H15BrN2O2. The number of urea groups is 1. The van der Waals surface area contributed by atoms with E-state index in [0.29, 0.717) is 6.54 Å². The number of nitrogens with zero attached hydrogens (tertiary/aromatic N) is 1. The lowest BCUT2D eigenvalue weighted by Crippen LogP contribution is -2.34. The molecule has 17 heavy (non-hydrogen) atoms. The Labute approximate surface area is 109 Å². The topological polar surface area (TPSA) is 41.6 Å². The van der Waals surface area contributed by atoms with E-state index in [2.05, 4.69) is 27.3 Å². The van der Waals surface area contributed by atoms with Gasteiger partial charge in [-0.15, -0.1) is 0 Å². The van der Waals surface area contributed by atoms with Gasteiger partial charge in [0, 0.05) is 37.1 Å². The van der Waals surface area contributed by atoms with Crippen LogP contribution in [-0.2, 0) is 13.0 Å². The van der Waals surface area contributed by atoms with E-state index >= 15 is 0 Å². The van der Waals surface area contributed by atoms with E-state index in [-0.39, 0.29) is 6.03 Å². The van der Waals surface area contributed by atoms with Gasteiger partial charge in [-0.1, -0.05) is 15.9 Å². The lowest BCUT2D eigenvalue weighted by Gasteiger charge is -2.14. The zero-order chi connectivity index (χ0) is 12.4. The third-order valence-corrected chi connectivity index (χ3v) is 3.12. The number of benzene rings is 1. The van der Waals surface area contributed by atoms with Crippen LogP contribution in [0.5, 0.6) is 5.75 Å². The summed E-state index contributed by atoms with van der Waals surface area (Å²) in [5, 5.41) is 2.84. The van der Waals surface area contributed by atoms with Crippen molar-refractivity contribution in [1.29, 1.82) is 0 Å². The summed E-state index contributed by atoms with van der Waals surface area (Å²) in [6, 6.07) is 3.95. The van der Waals surface area contributed by atoms with Gasteiger partial charge in [0.15, 0.2) is 0 Å². The molecule has 0 atom stereocenters. The van der Waals surface area contributed by atoms with Gasteiger partial charge in [-0.3, -0.25) is 0 Å². The predicted octanol–water partition coefficient (Wildman–Crippen LogP) is 2.16. The van der Waals surface area contributed by atoms with E-state index in [9.17, 15) is 4.79 Å². The van der Waals surface area contributed by atoms with Crippen molar-refractivity contribution in [3.8, 4) is 5.75 Å². The third-order valence-electron chi connectivity index (χ3n) is 2.66. The highest BCUT2D eigenvalue weighted by molar-refractivity contribution is 9.10. The Balaban J connectivity index is 2.13. The normalized spacial score (nSPS) is 12.9. The number of carbonyl (C=O) groups excluding carboxylic acids is 1. The van der Waals surface area contributed by atoms with Crippen molar-refractivity contribution in [3.05, 3.63) is 27.7 Å². The van der Waals surface area contributed by atoms with Crippen LogP contribution in [-0.4, -0.2) is 31.6 Å². The lowest BCUT2D eigenvalue weighted by atomic mass is 10.1. The van der Waals surface area contributed by atoms with Crippen LogP contribution in [0, 0.1) is 0 Å². The zero-order valence-electron chi connectivity index (χ0n) is 9.92. The van der Waals surface area contributed by atoms with Gasteiger partial charge >= 0.3 is 6.03 Å². The average molecular weight is 299 g/mol. The molecule has 0 aromatic heterocycles. The molecule has 0 fully saturated rings. The summed E-state index contributed by atoms with van der Waals surface area (Å²) in [7, 11) is 3.44. The maximum absolute atomic E-state index is 11.5. The summed E-state index contributed by atoms with van der Waals surface area (Å²) < 4.78 is 6.62. The quantitative estimate of drug-likeness (QED) is 0.909. The second-order valence-corrected chi connectivity index (χ2v) is 5.12. The molecule has 0 unspecified atom stereocenters. The van der Waals surface area contributed by atoms with Crippen molar-refractivity contribution in [2.24, 2.45) is 0 Å². The number of rotatable bonds is 2. The number of halogens is 1. The molecule has 0 radical (unpaired) electrons. The maximum Gasteiger partial charge on any atom is 0.317 e. The van der Waals surface area contributed by atoms with Crippen molar-refractivity contribution < 1.29 is 9.53 Å². The molecule has 1 aromatic carbocycles. The van der Waals surface area contributed by atoms with Gasteiger partial charge in [-0.25, -0.2) is 4.79 Å². The number of carbonyl (C=O) groups is 1. The first-order valence-corrected chi connectivity index (χ1v) is 6.26. The van der Waals surface area contributed by atoms with Crippen LogP contribution in [0.25, 0.3) is 0 Å². The maximum atomic E-state index is 11.5. The highest BCUT2D eigenvalue weighted by Gasteiger charge is 2.17. The largest absolute Gasteiger partial charge is 0.493 e. The van der Waals surface area contributed by atoms with Crippen LogP contribution in [0.3, 0.4) is 0 Å². The van der Waals surface area contributed by atoms with Gasteiger partial charge in [-0.05, 0) is 17.7 Å². The second-order valence-electron chi connectivity index (χ2n) is 4.20. The van der Waals surface area contributed by atoms with Crippen molar-refractivity contribution in [2.75, 3.05) is 20.7 Å². The van der Waals surface area contributed by atoms with Crippen molar-refractivity contribution in [1.82, 2.24) is 10.2 Å².